The molecule has 3 nitrogen and oxygen atoms in total. The average molecular weight is 221 g/mol. The lowest BCUT2D eigenvalue weighted by Crippen LogP contribution is -2.46. The van der Waals surface area contributed by atoms with Crippen molar-refractivity contribution in [2.75, 3.05) is 18.0 Å². The van der Waals surface area contributed by atoms with Crippen LogP contribution in [0, 0.1) is 17.1 Å². The highest BCUT2D eigenvalue weighted by atomic mass is 19.1. The number of hydrogen-bond acceptors (Lipinski definition) is 3. The summed E-state index contributed by atoms with van der Waals surface area (Å²) < 4.78 is 12.8. The molecule has 0 saturated carbocycles. The summed E-state index contributed by atoms with van der Waals surface area (Å²) in [4.78, 5) is 1.95. The van der Waals surface area contributed by atoms with Crippen molar-refractivity contribution in [1.82, 2.24) is 0 Å². The van der Waals surface area contributed by atoms with Crippen LogP contribution in [0.4, 0.5) is 10.1 Å². The zero-order chi connectivity index (χ0) is 12.2. The van der Waals surface area contributed by atoms with Gasteiger partial charge in [-0.1, -0.05) is 0 Å². The Labute approximate surface area is 95.3 Å². The van der Waals surface area contributed by atoms with Crippen molar-refractivity contribution in [2.45, 2.75) is 19.4 Å². The molecule has 16 heavy (non-hydrogen) atoms. The fraction of sp³-hybridized carbons (Fsp3) is 0.417. The van der Waals surface area contributed by atoms with E-state index in [-0.39, 0.29) is 5.82 Å². The molecule has 2 N–H and O–H groups in total. The van der Waals surface area contributed by atoms with E-state index < -0.39 is 5.54 Å². The SMILES string of the molecule is CCN(CC(C)(N)C#N)c1ccc(F)cc1. The Morgan fingerprint density at radius 3 is 2.44 bits per heavy atom. The lowest BCUT2D eigenvalue weighted by molar-refractivity contribution is 0.577. The molecule has 1 aromatic rings. The van der Waals surface area contributed by atoms with Crippen LogP contribution in [0.3, 0.4) is 0 Å². The number of nitrogens with two attached hydrogens (primary N) is 1. The van der Waals surface area contributed by atoms with Crippen molar-refractivity contribution in [2.24, 2.45) is 5.73 Å². The Morgan fingerprint density at radius 2 is 2.00 bits per heavy atom. The third-order valence-corrected chi connectivity index (χ3v) is 2.35. The molecule has 0 aliphatic heterocycles. The molecule has 0 bridgehead atoms. The van der Waals surface area contributed by atoms with Crippen LogP contribution < -0.4 is 10.6 Å². The van der Waals surface area contributed by atoms with Gasteiger partial charge in [0.25, 0.3) is 0 Å². The zero-order valence-electron chi connectivity index (χ0n) is 9.57. The molecular weight excluding hydrogens is 205 g/mol. The zero-order valence-corrected chi connectivity index (χ0v) is 9.57. The first-order chi connectivity index (χ1) is 7.48. The molecule has 0 aliphatic rings. The van der Waals surface area contributed by atoms with Gasteiger partial charge < -0.3 is 10.6 Å². The van der Waals surface area contributed by atoms with Crippen molar-refractivity contribution in [3.05, 3.63) is 30.1 Å². The Hall–Kier alpha value is -1.60. The molecule has 1 unspecified atom stereocenters. The van der Waals surface area contributed by atoms with Crippen LogP contribution in [-0.2, 0) is 0 Å². The summed E-state index contributed by atoms with van der Waals surface area (Å²) in [7, 11) is 0. The van der Waals surface area contributed by atoms with Gasteiger partial charge in [0.1, 0.15) is 11.4 Å². The van der Waals surface area contributed by atoms with E-state index in [0.29, 0.717) is 6.54 Å². The number of nitrogens with zero attached hydrogens (tertiary/aromatic N) is 2. The number of hydrogen-bond donors (Lipinski definition) is 1. The van der Waals surface area contributed by atoms with Crippen molar-refractivity contribution in [1.29, 1.82) is 5.26 Å². The molecule has 4 heteroatoms. The minimum Gasteiger partial charge on any atom is -0.369 e. The van der Waals surface area contributed by atoms with E-state index in [0.717, 1.165) is 12.2 Å². The maximum absolute atomic E-state index is 12.8. The van der Waals surface area contributed by atoms with Crippen LogP contribution >= 0.6 is 0 Å². The Kier molecular flexibility index (Phi) is 3.86. The van der Waals surface area contributed by atoms with Gasteiger partial charge in [0.15, 0.2) is 0 Å². The van der Waals surface area contributed by atoms with Crippen molar-refractivity contribution in [3.63, 3.8) is 0 Å². The molecule has 1 rings (SSSR count). The summed E-state index contributed by atoms with van der Waals surface area (Å²) in [6, 6.07) is 8.22. The third kappa shape index (κ3) is 3.21. The molecule has 0 aliphatic carbocycles. The second-order valence-electron chi connectivity index (χ2n) is 4.02. The minimum absolute atomic E-state index is 0.268. The first-order valence-corrected chi connectivity index (χ1v) is 5.19. The number of rotatable bonds is 4. The first kappa shape index (κ1) is 12.5. The van der Waals surface area contributed by atoms with Gasteiger partial charge in [-0.2, -0.15) is 5.26 Å². The van der Waals surface area contributed by atoms with Crippen LogP contribution in [0.1, 0.15) is 13.8 Å². The smallest absolute Gasteiger partial charge is 0.123 e. The molecule has 0 fully saturated rings. The molecule has 86 valence electrons. The van der Waals surface area contributed by atoms with Crippen LogP contribution in [-0.4, -0.2) is 18.6 Å². The summed E-state index contributed by atoms with van der Waals surface area (Å²) in [6.07, 6.45) is 0. The van der Waals surface area contributed by atoms with Crippen LogP contribution in [0.2, 0.25) is 0 Å². The highest BCUT2D eigenvalue weighted by Gasteiger charge is 2.21. The van der Waals surface area contributed by atoms with Gasteiger partial charge in [-0.15, -0.1) is 0 Å². The lowest BCUT2D eigenvalue weighted by atomic mass is 10.1. The fourth-order valence-electron chi connectivity index (χ4n) is 1.47. The lowest BCUT2D eigenvalue weighted by Gasteiger charge is -2.28. The van der Waals surface area contributed by atoms with Gasteiger partial charge >= 0.3 is 0 Å². The molecule has 0 radical (unpaired) electrons. The van der Waals surface area contributed by atoms with E-state index in [1.165, 1.54) is 12.1 Å². The van der Waals surface area contributed by atoms with Gasteiger partial charge in [0, 0.05) is 18.8 Å². The predicted molar refractivity (Wildman–Crippen MR) is 62.5 cm³/mol. The standard InChI is InChI=1S/C12H16FN3/c1-3-16(9-12(2,15)8-14)11-6-4-10(13)5-7-11/h4-7H,3,9,15H2,1-2H3. The van der Waals surface area contributed by atoms with E-state index in [4.69, 9.17) is 11.0 Å². The van der Waals surface area contributed by atoms with Gasteiger partial charge in [-0.05, 0) is 38.1 Å². The van der Waals surface area contributed by atoms with Crippen molar-refractivity contribution >= 4 is 5.69 Å². The monoisotopic (exact) mass is 221 g/mol. The first-order valence-electron chi connectivity index (χ1n) is 5.19. The van der Waals surface area contributed by atoms with Crippen LogP contribution in [0.15, 0.2) is 24.3 Å². The molecule has 0 amide bonds. The van der Waals surface area contributed by atoms with E-state index in [9.17, 15) is 4.39 Å². The number of anilines is 1. The number of likely N-dealkylation sites (N-methyl/N-ethyl adjacent to an activating group) is 1. The Balaban J connectivity index is 2.84. The van der Waals surface area contributed by atoms with E-state index >= 15 is 0 Å². The number of halogens is 1. The minimum atomic E-state index is -0.898. The van der Waals surface area contributed by atoms with E-state index in [1.807, 2.05) is 17.9 Å². The van der Waals surface area contributed by atoms with Gasteiger partial charge in [-0.3, -0.25) is 0 Å². The largest absolute Gasteiger partial charge is 0.369 e. The summed E-state index contributed by atoms with van der Waals surface area (Å²) in [5, 5.41) is 8.87. The summed E-state index contributed by atoms with van der Waals surface area (Å²) in [5.41, 5.74) is 5.76. The molecule has 0 saturated heterocycles. The van der Waals surface area contributed by atoms with Gasteiger partial charge in [-0.25, -0.2) is 4.39 Å². The van der Waals surface area contributed by atoms with Crippen molar-refractivity contribution in [3.8, 4) is 6.07 Å². The molecular formula is C12H16FN3. The van der Waals surface area contributed by atoms with Crippen molar-refractivity contribution < 1.29 is 4.39 Å². The maximum atomic E-state index is 12.8. The molecule has 0 aromatic heterocycles. The second-order valence-corrected chi connectivity index (χ2v) is 4.02. The van der Waals surface area contributed by atoms with Gasteiger partial charge in [0.05, 0.1) is 6.07 Å². The van der Waals surface area contributed by atoms with Gasteiger partial charge in [0.2, 0.25) is 0 Å². The normalized spacial score (nSPS) is 13.9. The van der Waals surface area contributed by atoms with Crippen LogP contribution in [0.5, 0.6) is 0 Å². The average Bonchev–Trinajstić information content (AvgIpc) is 2.27. The number of benzene rings is 1. The topological polar surface area (TPSA) is 53.0 Å². The van der Waals surface area contributed by atoms with E-state index in [1.54, 1.807) is 19.1 Å². The third-order valence-electron chi connectivity index (χ3n) is 2.35. The highest BCUT2D eigenvalue weighted by molar-refractivity contribution is 5.47. The Bertz CT molecular complexity index is 378. The predicted octanol–water partition coefficient (Wildman–Crippen LogP) is 1.89. The fourth-order valence-corrected chi connectivity index (χ4v) is 1.47. The molecule has 0 heterocycles. The Morgan fingerprint density at radius 1 is 1.44 bits per heavy atom. The second kappa shape index (κ2) is 4.95. The highest BCUT2D eigenvalue weighted by Crippen LogP contribution is 2.16. The van der Waals surface area contributed by atoms with E-state index in [2.05, 4.69) is 0 Å². The van der Waals surface area contributed by atoms with Crippen LogP contribution in [0.25, 0.3) is 0 Å². The summed E-state index contributed by atoms with van der Waals surface area (Å²) in [6.45, 7) is 4.79. The quantitative estimate of drug-likeness (QED) is 0.844. The summed E-state index contributed by atoms with van der Waals surface area (Å²) in [5.74, 6) is -0.268. The molecule has 0 spiro atoms. The molecule has 1 aromatic carbocycles. The maximum Gasteiger partial charge on any atom is 0.123 e. The number of nitriles is 1. The molecule has 1 atom stereocenters. The summed E-state index contributed by atoms with van der Waals surface area (Å²) >= 11 is 0.